The van der Waals surface area contributed by atoms with Crippen LogP contribution in [-0.4, -0.2) is 33.0 Å². The Bertz CT molecular complexity index is 988. The third kappa shape index (κ3) is 5.62. The summed E-state index contributed by atoms with van der Waals surface area (Å²) in [5.74, 6) is -1.47. The number of amides is 1. The van der Waals surface area contributed by atoms with Crippen LogP contribution in [0.3, 0.4) is 0 Å². The second-order valence-electron chi connectivity index (χ2n) is 6.46. The Morgan fingerprint density at radius 2 is 1.38 bits per heavy atom. The molecule has 3 aromatic rings. The predicted octanol–water partition coefficient (Wildman–Crippen LogP) is 3.73. The van der Waals surface area contributed by atoms with Crippen molar-refractivity contribution in [2.75, 3.05) is 5.75 Å². The SMILES string of the molecule is O=C(N[C@@H](CC[S@@](=O)c1ccccc1)C(=O)O)c1ccc(-c2ccccc2)cc1. The highest BCUT2D eigenvalue weighted by molar-refractivity contribution is 7.85. The predicted molar refractivity (Wildman–Crippen MR) is 113 cm³/mol. The van der Waals surface area contributed by atoms with E-state index in [4.69, 9.17) is 0 Å². The molecule has 3 rings (SSSR count). The smallest absolute Gasteiger partial charge is 0.326 e. The number of carbonyl (C=O) groups excluding carboxylic acids is 1. The minimum absolute atomic E-state index is 0.0741. The molecule has 148 valence electrons. The number of nitrogens with one attached hydrogen (secondary N) is 1. The van der Waals surface area contributed by atoms with Crippen LogP contribution in [0.5, 0.6) is 0 Å². The van der Waals surface area contributed by atoms with Crippen molar-refractivity contribution in [2.24, 2.45) is 0 Å². The van der Waals surface area contributed by atoms with Gasteiger partial charge < -0.3 is 10.4 Å². The summed E-state index contributed by atoms with van der Waals surface area (Å²) in [6.07, 6.45) is 0.0741. The summed E-state index contributed by atoms with van der Waals surface area (Å²) in [7, 11) is -1.32. The molecule has 0 aliphatic heterocycles. The van der Waals surface area contributed by atoms with Gasteiger partial charge in [0.05, 0.1) is 10.8 Å². The van der Waals surface area contributed by atoms with E-state index in [2.05, 4.69) is 5.32 Å². The van der Waals surface area contributed by atoms with E-state index in [1.807, 2.05) is 48.5 Å². The molecule has 0 aromatic heterocycles. The molecule has 5 nitrogen and oxygen atoms in total. The first-order valence-electron chi connectivity index (χ1n) is 9.17. The van der Waals surface area contributed by atoms with Crippen molar-refractivity contribution in [1.29, 1.82) is 0 Å². The summed E-state index contributed by atoms with van der Waals surface area (Å²) in [5.41, 5.74) is 2.38. The molecule has 0 spiro atoms. The van der Waals surface area contributed by atoms with Crippen LogP contribution >= 0.6 is 0 Å². The van der Waals surface area contributed by atoms with Gasteiger partial charge in [0.15, 0.2) is 0 Å². The molecule has 2 atom stereocenters. The van der Waals surface area contributed by atoms with Gasteiger partial charge >= 0.3 is 5.97 Å². The second kappa shape index (κ2) is 9.80. The van der Waals surface area contributed by atoms with Crippen molar-refractivity contribution in [3.63, 3.8) is 0 Å². The lowest BCUT2D eigenvalue weighted by Gasteiger charge is -2.14. The van der Waals surface area contributed by atoms with Gasteiger partial charge in [-0.2, -0.15) is 0 Å². The minimum atomic E-state index is -1.32. The van der Waals surface area contributed by atoms with Crippen molar-refractivity contribution in [3.8, 4) is 11.1 Å². The molecule has 0 heterocycles. The fourth-order valence-corrected chi connectivity index (χ4v) is 4.00. The first-order valence-corrected chi connectivity index (χ1v) is 10.5. The lowest BCUT2D eigenvalue weighted by molar-refractivity contribution is -0.139. The van der Waals surface area contributed by atoms with Gasteiger partial charge in [0, 0.05) is 16.2 Å². The first-order chi connectivity index (χ1) is 14.0. The van der Waals surface area contributed by atoms with Crippen molar-refractivity contribution >= 4 is 22.7 Å². The van der Waals surface area contributed by atoms with Crippen LogP contribution in [0.4, 0.5) is 0 Å². The summed E-state index contributed by atoms with van der Waals surface area (Å²) in [6, 6.07) is 24.5. The lowest BCUT2D eigenvalue weighted by atomic mass is 10.0. The Morgan fingerprint density at radius 1 is 0.828 bits per heavy atom. The zero-order chi connectivity index (χ0) is 20.6. The van der Waals surface area contributed by atoms with E-state index in [1.165, 1.54) is 0 Å². The average Bonchev–Trinajstić information content (AvgIpc) is 2.77. The normalized spacial score (nSPS) is 12.7. The molecule has 0 saturated carbocycles. The molecule has 29 heavy (non-hydrogen) atoms. The molecule has 2 N–H and O–H groups in total. The molecular weight excluding hydrogens is 386 g/mol. The highest BCUT2D eigenvalue weighted by Gasteiger charge is 2.21. The largest absolute Gasteiger partial charge is 0.480 e. The van der Waals surface area contributed by atoms with E-state index in [1.54, 1.807) is 36.4 Å². The number of hydrogen-bond donors (Lipinski definition) is 2. The molecular formula is C23H21NO4S. The molecule has 0 bridgehead atoms. The summed E-state index contributed by atoms with van der Waals surface area (Å²) in [6.45, 7) is 0. The summed E-state index contributed by atoms with van der Waals surface area (Å²) < 4.78 is 12.3. The molecule has 0 aliphatic carbocycles. The summed E-state index contributed by atoms with van der Waals surface area (Å²) in [5, 5.41) is 12.0. The average molecular weight is 407 g/mol. The van der Waals surface area contributed by atoms with E-state index >= 15 is 0 Å². The van der Waals surface area contributed by atoms with Crippen LogP contribution in [0, 0.1) is 0 Å². The number of benzene rings is 3. The Morgan fingerprint density at radius 3 is 1.97 bits per heavy atom. The zero-order valence-corrected chi connectivity index (χ0v) is 16.5. The van der Waals surface area contributed by atoms with Gasteiger partial charge in [0.1, 0.15) is 6.04 Å². The third-order valence-corrected chi connectivity index (χ3v) is 5.86. The van der Waals surface area contributed by atoms with E-state index in [0.29, 0.717) is 10.5 Å². The van der Waals surface area contributed by atoms with Crippen LogP contribution < -0.4 is 5.32 Å². The van der Waals surface area contributed by atoms with Gasteiger partial charge in [0.2, 0.25) is 0 Å². The van der Waals surface area contributed by atoms with Crippen molar-refractivity contribution in [2.45, 2.75) is 17.4 Å². The minimum Gasteiger partial charge on any atom is -0.480 e. The van der Waals surface area contributed by atoms with Gasteiger partial charge in [-0.15, -0.1) is 0 Å². The monoisotopic (exact) mass is 407 g/mol. The highest BCUT2D eigenvalue weighted by Crippen LogP contribution is 2.19. The number of hydrogen-bond acceptors (Lipinski definition) is 3. The van der Waals surface area contributed by atoms with Gasteiger partial charge in [0.25, 0.3) is 5.91 Å². The molecule has 0 aliphatic rings. The van der Waals surface area contributed by atoms with Gasteiger partial charge in [-0.1, -0.05) is 60.7 Å². The van der Waals surface area contributed by atoms with Crippen molar-refractivity contribution < 1.29 is 18.9 Å². The summed E-state index contributed by atoms with van der Waals surface area (Å²) in [4.78, 5) is 24.7. The molecule has 1 amide bonds. The number of aliphatic carboxylic acids is 1. The molecule has 0 radical (unpaired) electrons. The van der Waals surface area contributed by atoms with Crippen LogP contribution in [0.25, 0.3) is 11.1 Å². The maximum absolute atomic E-state index is 12.5. The molecule has 6 heteroatoms. The van der Waals surface area contributed by atoms with Crippen molar-refractivity contribution in [3.05, 3.63) is 90.5 Å². The maximum atomic E-state index is 12.5. The van der Waals surface area contributed by atoms with E-state index in [-0.39, 0.29) is 12.2 Å². The van der Waals surface area contributed by atoms with Crippen LogP contribution in [0.2, 0.25) is 0 Å². The Labute approximate surface area is 171 Å². The van der Waals surface area contributed by atoms with Crippen LogP contribution in [0.1, 0.15) is 16.8 Å². The third-order valence-electron chi connectivity index (χ3n) is 4.46. The standard InChI is InChI=1S/C23H21NO4S/c25-22(19-13-11-18(12-14-19)17-7-3-1-4-8-17)24-21(23(26)27)15-16-29(28)20-9-5-2-6-10-20/h1-14,21H,15-16H2,(H,24,25)(H,26,27)/t21-,29+/m0/s1. The van der Waals surface area contributed by atoms with Gasteiger partial charge in [-0.25, -0.2) is 4.79 Å². The quantitative estimate of drug-likeness (QED) is 0.596. The Balaban J connectivity index is 1.62. The Hall–Kier alpha value is -3.25. The summed E-state index contributed by atoms with van der Waals surface area (Å²) >= 11 is 0. The van der Waals surface area contributed by atoms with Crippen LogP contribution in [0.15, 0.2) is 89.8 Å². The molecule has 0 saturated heterocycles. The Kier molecular flexibility index (Phi) is 6.92. The fourth-order valence-electron chi connectivity index (χ4n) is 2.86. The zero-order valence-electron chi connectivity index (χ0n) is 15.7. The van der Waals surface area contributed by atoms with E-state index < -0.39 is 28.7 Å². The van der Waals surface area contributed by atoms with Gasteiger partial charge in [-0.3, -0.25) is 9.00 Å². The number of carboxylic acid groups (broad SMARTS) is 1. The van der Waals surface area contributed by atoms with E-state index in [9.17, 15) is 18.9 Å². The number of carboxylic acids is 1. The number of rotatable bonds is 8. The fraction of sp³-hybridized carbons (Fsp3) is 0.130. The second-order valence-corrected chi connectivity index (χ2v) is 8.03. The molecule has 0 unspecified atom stereocenters. The lowest BCUT2D eigenvalue weighted by Crippen LogP contribution is -2.41. The maximum Gasteiger partial charge on any atom is 0.326 e. The first kappa shape index (κ1) is 20.5. The van der Waals surface area contributed by atoms with Crippen LogP contribution in [-0.2, 0) is 15.6 Å². The molecule has 0 fully saturated rings. The highest BCUT2D eigenvalue weighted by atomic mass is 32.2. The number of carbonyl (C=O) groups is 2. The topological polar surface area (TPSA) is 83.5 Å². The van der Waals surface area contributed by atoms with E-state index in [0.717, 1.165) is 11.1 Å². The van der Waals surface area contributed by atoms with Gasteiger partial charge in [-0.05, 0) is 41.8 Å². The van der Waals surface area contributed by atoms with Crippen molar-refractivity contribution in [1.82, 2.24) is 5.32 Å². The molecule has 3 aromatic carbocycles.